The van der Waals surface area contributed by atoms with Gasteiger partial charge in [0.05, 0.1) is 6.04 Å². The summed E-state index contributed by atoms with van der Waals surface area (Å²) in [7, 11) is 1.87. The van der Waals surface area contributed by atoms with E-state index >= 15 is 0 Å². The smallest absolute Gasteiger partial charge is 0.315 e. The van der Waals surface area contributed by atoms with Gasteiger partial charge in [0.15, 0.2) is 0 Å². The second-order valence-electron chi connectivity index (χ2n) is 4.14. The van der Waals surface area contributed by atoms with Crippen LogP contribution in [0.1, 0.15) is 38.6 Å². The molecule has 2 N–H and O–H groups in total. The van der Waals surface area contributed by atoms with Crippen molar-refractivity contribution in [2.75, 3.05) is 12.4 Å². The van der Waals surface area contributed by atoms with E-state index in [2.05, 4.69) is 27.8 Å². The van der Waals surface area contributed by atoms with Crippen molar-refractivity contribution in [3.05, 3.63) is 5.89 Å². The Labute approximate surface area is 83.3 Å². The summed E-state index contributed by atoms with van der Waals surface area (Å²) in [5.74, 6) is 0.624. The van der Waals surface area contributed by atoms with Crippen LogP contribution in [-0.2, 0) is 0 Å². The van der Waals surface area contributed by atoms with Gasteiger partial charge in [-0.25, -0.2) is 0 Å². The Morgan fingerprint density at radius 3 is 2.71 bits per heavy atom. The average Bonchev–Trinajstić information content (AvgIpc) is 2.71. The lowest BCUT2D eigenvalue weighted by Gasteiger charge is -2.07. The molecule has 1 unspecified atom stereocenters. The lowest BCUT2D eigenvalue weighted by atomic mass is 10.3. The van der Waals surface area contributed by atoms with Crippen molar-refractivity contribution >= 4 is 6.01 Å². The zero-order valence-electron chi connectivity index (χ0n) is 8.79. The molecule has 0 aliphatic heterocycles. The number of anilines is 1. The molecule has 1 aromatic rings. The number of hydrogen-bond acceptors (Lipinski definition) is 5. The fraction of sp³-hybridized carbons (Fsp3) is 0.778. The van der Waals surface area contributed by atoms with Crippen LogP contribution >= 0.6 is 0 Å². The zero-order valence-corrected chi connectivity index (χ0v) is 8.79. The fourth-order valence-electron chi connectivity index (χ4n) is 1.15. The molecule has 1 fully saturated rings. The zero-order chi connectivity index (χ0) is 10.2. The highest BCUT2D eigenvalue weighted by atomic mass is 16.4. The quantitative estimate of drug-likeness (QED) is 0.760. The van der Waals surface area contributed by atoms with Gasteiger partial charge in [-0.15, -0.1) is 5.10 Å². The normalized spacial score (nSPS) is 20.5. The van der Waals surface area contributed by atoms with E-state index in [4.69, 9.17) is 4.42 Å². The average molecular weight is 196 g/mol. The first-order valence-corrected chi connectivity index (χ1v) is 4.92. The molecule has 1 aliphatic rings. The van der Waals surface area contributed by atoms with Crippen molar-refractivity contribution in [2.45, 2.75) is 38.3 Å². The summed E-state index contributed by atoms with van der Waals surface area (Å²) < 4.78 is 5.46. The molecule has 1 aliphatic carbocycles. The second-order valence-corrected chi connectivity index (χ2v) is 4.14. The molecule has 1 aromatic heterocycles. The van der Waals surface area contributed by atoms with Gasteiger partial charge in [0.25, 0.3) is 0 Å². The van der Waals surface area contributed by atoms with Gasteiger partial charge in [0.1, 0.15) is 0 Å². The molecule has 0 saturated heterocycles. The molecule has 14 heavy (non-hydrogen) atoms. The number of aromatic nitrogens is 2. The van der Waals surface area contributed by atoms with E-state index in [0.29, 0.717) is 11.9 Å². The van der Waals surface area contributed by atoms with E-state index in [9.17, 15) is 0 Å². The fourth-order valence-corrected chi connectivity index (χ4v) is 1.15. The molecule has 1 heterocycles. The van der Waals surface area contributed by atoms with Crippen LogP contribution in [-0.4, -0.2) is 22.8 Å². The topological polar surface area (TPSA) is 63.0 Å². The van der Waals surface area contributed by atoms with Crippen molar-refractivity contribution in [3.8, 4) is 0 Å². The van der Waals surface area contributed by atoms with Crippen LogP contribution < -0.4 is 10.6 Å². The summed E-state index contributed by atoms with van der Waals surface area (Å²) >= 11 is 0. The van der Waals surface area contributed by atoms with E-state index in [1.807, 2.05) is 14.0 Å². The Bertz CT molecular complexity index is 318. The first-order valence-electron chi connectivity index (χ1n) is 4.92. The number of rotatable bonds is 4. The van der Waals surface area contributed by atoms with Crippen LogP contribution in [0.15, 0.2) is 4.42 Å². The van der Waals surface area contributed by atoms with E-state index in [0.717, 1.165) is 0 Å². The molecule has 5 heteroatoms. The molecule has 2 rings (SSSR count). The van der Waals surface area contributed by atoms with Crippen molar-refractivity contribution in [2.24, 2.45) is 0 Å². The van der Waals surface area contributed by atoms with Gasteiger partial charge in [-0.1, -0.05) is 5.10 Å². The lowest BCUT2D eigenvalue weighted by molar-refractivity contribution is 0.438. The summed E-state index contributed by atoms with van der Waals surface area (Å²) in [5, 5.41) is 14.2. The summed E-state index contributed by atoms with van der Waals surface area (Å²) in [4.78, 5) is 0. The molecule has 1 atom stereocenters. The molecule has 0 amide bonds. The van der Waals surface area contributed by atoms with Crippen molar-refractivity contribution in [1.82, 2.24) is 15.5 Å². The summed E-state index contributed by atoms with van der Waals surface area (Å²) in [6, 6.07) is 0.632. The predicted molar refractivity (Wildman–Crippen MR) is 53.0 cm³/mol. The Morgan fingerprint density at radius 1 is 1.43 bits per heavy atom. The number of nitrogens with zero attached hydrogens (tertiary/aromatic N) is 2. The molecule has 78 valence electrons. The third-order valence-electron chi connectivity index (χ3n) is 2.65. The standard InChI is InChI=1S/C9H16N4O/c1-6(10-3)7-12-13-8(14-7)11-9(2)4-5-9/h6,10H,4-5H2,1-3H3,(H,11,13). The Kier molecular flexibility index (Phi) is 2.19. The SMILES string of the molecule is CNC(C)c1nnc(NC2(C)CC2)o1. The highest BCUT2D eigenvalue weighted by Gasteiger charge is 2.38. The van der Waals surface area contributed by atoms with E-state index < -0.39 is 0 Å². The third kappa shape index (κ3) is 1.87. The van der Waals surface area contributed by atoms with Crippen LogP contribution in [0, 0.1) is 0 Å². The first kappa shape index (κ1) is 9.45. The van der Waals surface area contributed by atoms with Crippen molar-refractivity contribution < 1.29 is 4.42 Å². The van der Waals surface area contributed by atoms with Gasteiger partial charge in [0.2, 0.25) is 5.89 Å². The largest absolute Gasteiger partial charge is 0.406 e. The molecule has 1 saturated carbocycles. The van der Waals surface area contributed by atoms with Gasteiger partial charge in [-0.2, -0.15) is 0 Å². The molecular formula is C9H16N4O. The van der Waals surface area contributed by atoms with Crippen LogP contribution in [0.5, 0.6) is 0 Å². The Morgan fingerprint density at radius 2 is 2.14 bits per heavy atom. The summed E-state index contributed by atoms with van der Waals surface area (Å²) in [5.41, 5.74) is 0.187. The minimum Gasteiger partial charge on any atom is -0.406 e. The van der Waals surface area contributed by atoms with Crippen LogP contribution in [0.25, 0.3) is 0 Å². The molecular weight excluding hydrogens is 180 g/mol. The van der Waals surface area contributed by atoms with E-state index in [-0.39, 0.29) is 11.6 Å². The maximum Gasteiger partial charge on any atom is 0.315 e. The highest BCUT2D eigenvalue weighted by Crippen LogP contribution is 2.37. The third-order valence-corrected chi connectivity index (χ3v) is 2.65. The summed E-state index contributed by atoms with van der Waals surface area (Å²) in [6.07, 6.45) is 2.35. The number of hydrogen-bond donors (Lipinski definition) is 2. The van der Waals surface area contributed by atoms with Crippen LogP contribution in [0.2, 0.25) is 0 Å². The minimum absolute atomic E-state index is 0.102. The Hall–Kier alpha value is -1.10. The second kappa shape index (κ2) is 3.24. The number of nitrogens with one attached hydrogen (secondary N) is 2. The van der Waals surface area contributed by atoms with Crippen molar-refractivity contribution in [1.29, 1.82) is 0 Å². The first-order chi connectivity index (χ1) is 6.63. The maximum absolute atomic E-state index is 5.46. The maximum atomic E-state index is 5.46. The van der Waals surface area contributed by atoms with Gasteiger partial charge in [-0.05, 0) is 33.7 Å². The van der Waals surface area contributed by atoms with Gasteiger partial charge < -0.3 is 15.1 Å². The van der Waals surface area contributed by atoms with E-state index in [1.54, 1.807) is 0 Å². The van der Waals surface area contributed by atoms with Crippen LogP contribution in [0.4, 0.5) is 6.01 Å². The molecule has 0 aromatic carbocycles. The van der Waals surface area contributed by atoms with Gasteiger partial charge in [-0.3, -0.25) is 0 Å². The lowest BCUT2D eigenvalue weighted by Crippen LogP contribution is -2.16. The van der Waals surface area contributed by atoms with E-state index in [1.165, 1.54) is 12.8 Å². The van der Waals surface area contributed by atoms with Crippen LogP contribution in [0.3, 0.4) is 0 Å². The predicted octanol–water partition coefficient (Wildman–Crippen LogP) is 1.31. The van der Waals surface area contributed by atoms with Gasteiger partial charge >= 0.3 is 6.01 Å². The van der Waals surface area contributed by atoms with Gasteiger partial charge in [0, 0.05) is 5.54 Å². The highest BCUT2D eigenvalue weighted by molar-refractivity contribution is 5.28. The molecule has 0 radical (unpaired) electrons. The molecule has 0 spiro atoms. The molecule has 0 bridgehead atoms. The summed E-state index contributed by atoms with van der Waals surface area (Å²) in [6.45, 7) is 4.13. The Balaban J connectivity index is 2.02. The molecule has 5 nitrogen and oxygen atoms in total. The monoisotopic (exact) mass is 196 g/mol. The minimum atomic E-state index is 0.102. The van der Waals surface area contributed by atoms with Crippen molar-refractivity contribution in [3.63, 3.8) is 0 Å².